The zero-order valence-corrected chi connectivity index (χ0v) is 65.7. The summed E-state index contributed by atoms with van der Waals surface area (Å²) in [5.74, 6) is 0. The lowest BCUT2D eigenvalue weighted by molar-refractivity contribution is 1.29. The smallest absolute Gasteiger partial charge is 0.0468 e. The van der Waals surface area contributed by atoms with Gasteiger partial charge in [-0.3, -0.25) is 0 Å². The summed E-state index contributed by atoms with van der Waals surface area (Å²) in [5, 5.41) is 25.7. The molecule has 0 unspecified atom stereocenters. The van der Waals surface area contributed by atoms with Gasteiger partial charge in [-0.15, -0.1) is 0 Å². The minimum absolute atomic E-state index is 1.03. The minimum Gasteiger partial charge on any atom is -0.310 e. The van der Waals surface area contributed by atoms with Gasteiger partial charge < -0.3 is 19.6 Å². The molecule has 0 saturated carbocycles. The van der Waals surface area contributed by atoms with Crippen molar-refractivity contribution in [3.8, 4) is 33.4 Å². The lowest BCUT2D eigenvalue weighted by atomic mass is 9.81. The zero-order chi connectivity index (χ0) is 79.1. The Balaban J connectivity index is 0.821. The second-order valence-corrected chi connectivity index (χ2v) is 31.6. The second-order valence-electron chi connectivity index (χ2n) is 31.6. The van der Waals surface area contributed by atoms with E-state index in [0.29, 0.717) is 0 Å². The number of hydrogen-bond donors (Lipinski definition) is 0. The van der Waals surface area contributed by atoms with Crippen molar-refractivity contribution in [2.24, 2.45) is 0 Å². The van der Waals surface area contributed by atoms with Crippen LogP contribution in [0.15, 0.2) is 461 Å². The van der Waals surface area contributed by atoms with Crippen LogP contribution in [-0.2, 0) is 0 Å². The highest BCUT2D eigenvalue weighted by molar-refractivity contribution is 6.34. The fourth-order valence-corrected chi connectivity index (χ4v) is 18.7. The molecule has 0 N–H and O–H groups in total. The molecule has 560 valence electrons. The largest absolute Gasteiger partial charge is 0.310 e. The number of hydrogen-bond acceptors (Lipinski definition) is 4. The van der Waals surface area contributed by atoms with E-state index < -0.39 is 0 Å². The van der Waals surface area contributed by atoms with Crippen LogP contribution in [0.5, 0.6) is 0 Å². The molecular weight excluding hydrogens is 1450 g/mol. The van der Waals surface area contributed by atoms with Gasteiger partial charge in [0.25, 0.3) is 0 Å². The summed E-state index contributed by atoms with van der Waals surface area (Å²) in [5.41, 5.74) is 19.4. The number of nitrogens with zero attached hydrogens (tertiary/aromatic N) is 4. The predicted molar refractivity (Wildman–Crippen MR) is 514 cm³/mol. The normalized spacial score (nSPS) is 11.7. The average Bonchev–Trinajstić information content (AvgIpc) is 0.702. The molecule has 23 aromatic rings. The van der Waals surface area contributed by atoms with Crippen molar-refractivity contribution < 1.29 is 0 Å². The van der Waals surface area contributed by atoms with Crippen LogP contribution in [0.25, 0.3) is 152 Å². The third kappa shape index (κ3) is 12.4. The molecule has 23 rings (SSSR count). The van der Waals surface area contributed by atoms with Crippen LogP contribution in [0.4, 0.5) is 68.2 Å². The fourth-order valence-electron chi connectivity index (χ4n) is 18.7. The van der Waals surface area contributed by atoms with Crippen LogP contribution in [0.1, 0.15) is 0 Å². The Hall–Kier alpha value is -15.9. The van der Waals surface area contributed by atoms with E-state index in [0.717, 1.165) is 134 Å². The van der Waals surface area contributed by atoms with Crippen LogP contribution in [0.3, 0.4) is 0 Å². The maximum Gasteiger partial charge on any atom is 0.0468 e. The predicted octanol–water partition coefficient (Wildman–Crippen LogP) is 33.3. The summed E-state index contributed by atoms with van der Waals surface area (Å²) in [4.78, 5) is 9.78. The molecule has 0 saturated heterocycles. The van der Waals surface area contributed by atoms with Gasteiger partial charge >= 0.3 is 0 Å². The Kier molecular flexibility index (Phi) is 16.9. The van der Waals surface area contributed by atoms with E-state index in [2.05, 4.69) is 481 Å². The first-order valence-electron chi connectivity index (χ1n) is 41.3. The fraction of sp³-hybridized carbons (Fsp3) is 0. The average molecular weight is 1530 g/mol. The molecule has 120 heavy (non-hydrogen) atoms. The standard InChI is InChI=1S/C116H76N4/c1-2-28-85(29-3-1)110-76-111(86-46-50-96(51-47-86)117(98-54-38-77-20-4-12-30-88(77)66-98)99-55-39-78-21-5-13-31-89(78)67-99)115-108-64-62-106(119(102-58-42-81-24-8-16-34-92(81)70-102)103-59-43-82-25-9-17-35-93(82)71-103)74-112(108)113-75-107(120(104-60-44-83-26-10-18-36-94(83)72-104)105-61-45-84-27-11-19-37-95(84)73-105)63-65-109(113)116(115)114(110)87-48-52-97(53-49-87)118(100-56-40-79-22-6-14-32-90(79)68-100)101-57-41-80-23-7-15-33-91(80)69-101/h1-76H. The monoisotopic (exact) mass is 1520 g/mol. The Labute approximate surface area is 696 Å². The molecule has 0 heterocycles. The number of rotatable bonds is 15. The van der Waals surface area contributed by atoms with Gasteiger partial charge in [0.05, 0.1) is 0 Å². The van der Waals surface area contributed by atoms with Crippen LogP contribution in [0.2, 0.25) is 0 Å². The molecule has 23 aromatic carbocycles. The van der Waals surface area contributed by atoms with Crippen LogP contribution >= 0.6 is 0 Å². The topological polar surface area (TPSA) is 13.0 Å². The highest BCUT2D eigenvalue weighted by Crippen LogP contribution is 2.54. The van der Waals surface area contributed by atoms with Gasteiger partial charge in [0.2, 0.25) is 0 Å². The number of anilines is 12. The molecule has 0 spiro atoms. The molecule has 0 aliphatic rings. The molecule has 0 bridgehead atoms. The molecule has 0 radical (unpaired) electrons. The Morgan fingerprint density at radius 3 is 0.608 bits per heavy atom. The molecule has 0 fully saturated rings. The zero-order valence-electron chi connectivity index (χ0n) is 65.7. The van der Waals surface area contributed by atoms with E-state index in [-0.39, 0.29) is 0 Å². The van der Waals surface area contributed by atoms with Crippen LogP contribution in [-0.4, -0.2) is 0 Å². The van der Waals surface area contributed by atoms with E-state index in [1.54, 1.807) is 0 Å². The van der Waals surface area contributed by atoms with Gasteiger partial charge in [0, 0.05) is 68.2 Å². The van der Waals surface area contributed by atoms with Crippen molar-refractivity contribution in [3.05, 3.63) is 461 Å². The van der Waals surface area contributed by atoms with Gasteiger partial charge in [-0.05, 0) is 304 Å². The van der Waals surface area contributed by atoms with Crippen molar-refractivity contribution in [1.82, 2.24) is 0 Å². The summed E-state index contributed by atoms with van der Waals surface area (Å²) in [6.07, 6.45) is 0. The third-order valence-corrected chi connectivity index (χ3v) is 24.5. The summed E-state index contributed by atoms with van der Waals surface area (Å²) in [7, 11) is 0. The second kappa shape index (κ2) is 29.1. The maximum absolute atomic E-state index is 2.52. The van der Waals surface area contributed by atoms with E-state index in [1.165, 1.54) is 86.2 Å². The van der Waals surface area contributed by atoms with Crippen molar-refractivity contribution in [2.45, 2.75) is 0 Å². The molecule has 4 heteroatoms. The lowest BCUT2D eigenvalue weighted by Gasteiger charge is -2.29. The van der Waals surface area contributed by atoms with E-state index in [4.69, 9.17) is 0 Å². The first-order chi connectivity index (χ1) is 59.4. The highest BCUT2D eigenvalue weighted by atomic mass is 15.2. The number of fused-ring (bicyclic) bond motifs is 14. The Bertz CT molecular complexity index is 7690. The summed E-state index contributed by atoms with van der Waals surface area (Å²) < 4.78 is 0. The van der Waals surface area contributed by atoms with E-state index in [9.17, 15) is 0 Å². The molecule has 0 aromatic heterocycles. The molecule has 0 amide bonds. The molecule has 0 aliphatic heterocycles. The summed E-state index contributed by atoms with van der Waals surface area (Å²) in [6.45, 7) is 0. The Morgan fingerprint density at radius 1 is 0.117 bits per heavy atom. The first kappa shape index (κ1) is 69.6. The first-order valence-corrected chi connectivity index (χ1v) is 41.3. The maximum atomic E-state index is 2.52. The van der Waals surface area contributed by atoms with Gasteiger partial charge in [0.15, 0.2) is 0 Å². The minimum atomic E-state index is 1.03. The van der Waals surface area contributed by atoms with Crippen molar-refractivity contribution in [2.75, 3.05) is 19.6 Å². The summed E-state index contributed by atoms with van der Waals surface area (Å²) in [6, 6.07) is 172. The lowest BCUT2D eigenvalue weighted by Crippen LogP contribution is -2.11. The van der Waals surface area contributed by atoms with E-state index >= 15 is 0 Å². The Morgan fingerprint density at radius 2 is 0.325 bits per heavy atom. The molecular formula is C116H76N4. The van der Waals surface area contributed by atoms with E-state index in [1.807, 2.05) is 0 Å². The van der Waals surface area contributed by atoms with Crippen molar-refractivity contribution in [3.63, 3.8) is 0 Å². The number of benzene rings is 23. The van der Waals surface area contributed by atoms with Gasteiger partial charge in [-0.25, -0.2) is 0 Å². The quantitative estimate of drug-likeness (QED) is 0.0949. The molecule has 0 atom stereocenters. The van der Waals surface area contributed by atoms with Crippen LogP contribution < -0.4 is 19.6 Å². The van der Waals surface area contributed by atoms with Crippen molar-refractivity contribution in [1.29, 1.82) is 0 Å². The van der Waals surface area contributed by atoms with Gasteiger partial charge in [0.1, 0.15) is 0 Å². The van der Waals surface area contributed by atoms with Crippen molar-refractivity contribution >= 4 is 187 Å². The molecule has 0 aliphatic carbocycles. The third-order valence-electron chi connectivity index (χ3n) is 24.5. The van der Waals surface area contributed by atoms with Crippen LogP contribution in [0, 0.1) is 0 Å². The SMILES string of the molecule is c1ccc(-c2cc(-c3ccc(N(c4ccc5ccccc5c4)c4ccc5ccccc5c4)cc3)c3c4ccc(N(c5ccc6ccccc6c5)c5ccc6ccccc6c5)cc4c4cc(N(c5ccc6ccccc6c5)c5ccc6ccccc6c5)ccc4c3c2-c2ccc(N(c3ccc4ccccc4c3)c3ccc4ccccc4c3)cc2)cc1. The molecule has 4 nitrogen and oxygen atoms in total. The summed E-state index contributed by atoms with van der Waals surface area (Å²) >= 11 is 0. The van der Waals surface area contributed by atoms with Gasteiger partial charge in [-0.2, -0.15) is 0 Å². The highest BCUT2D eigenvalue weighted by Gasteiger charge is 2.27. The van der Waals surface area contributed by atoms with Gasteiger partial charge in [-0.1, -0.05) is 309 Å².